The summed E-state index contributed by atoms with van der Waals surface area (Å²) in [6, 6.07) is 7.13. The quantitative estimate of drug-likeness (QED) is 0.771. The van der Waals surface area contributed by atoms with Crippen LogP contribution in [0.3, 0.4) is 0 Å². The Balaban J connectivity index is 1.95. The van der Waals surface area contributed by atoms with E-state index in [1.54, 1.807) is 6.07 Å². The number of nitrogens with one attached hydrogen (secondary N) is 3. The van der Waals surface area contributed by atoms with E-state index in [1.807, 2.05) is 25.1 Å². The summed E-state index contributed by atoms with van der Waals surface area (Å²) in [5.74, 6) is -0.0204. The Kier molecular flexibility index (Phi) is 5.12. The van der Waals surface area contributed by atoms with E-state index in [1.165, 1.54) is 0 Å². The van der Waals surface area contributed by atoms with Gasteiger partial charge in [-0.25, -0.2) is 0 Å². The molecule has 1 unspecified atom stereocenters. The van der Waals surface area contributed by atoms with Crippen molar-refractivity contribution in [3.63, 3.8) is 0 Å². The highest BCUT2D eigenvalue weighted by molar-refractivity contribution is 5.96. The number of carbonyl (C=O) groups is 2. The van der Waals surface area contributed by atoms with E-state index in [4.69, 9.17) is 0 Å². The van der Waals surface area contributed by atoms with Crippen molar-refractivity contribution in [2.24, 2.45) is 0 Å². The van der Waals surface area contributed by atoms with Gasteiger partial charge in [-0.1, -0.05) is 13.0 Å². The zero-order valence-corrected chi connectivity index (χ0v) is 11.7. The first-order chi connectivity index (χ1) is 9.69. The minimum atomic E-state index is -0.103. The lowest BCUT2D eigenvalue weighted by atomic mass is 10.2. The molecule has 1 heterocycles. The highest BCUT2D eigenvalue weighted by Gasteiger charge is 2.21. The van der Waals surface area contributed by atoms with E-state index < -0.39 is 0 Å². The normalized spacial score (nSPS) is 17.8. The average molecular weight is 275 g/mol. The van der Waals surface area contributed by atoms with Crippen LogP contribution in [0.25, 0.3) is 0 Å². The standard InChI is InChI=1S/C15H21N3O2/c1-2-5-14(19)17-11-6-3-7-12(10-11)18-15(20)13-8-4-9-16-13/h3,6-7,10,13,16H,2,4-5,8-9H2,1H3,(H,17,19)(H,18,20). The maximum absolute atomic E-state index is 12.0. The van der Waals surface area contributed by atoms with Crippen LogP contribution in [0, 0.1) is 0 Å². The van der Waals surface area contributed by atoms with Crippen molar-refractivity contribution in [1.82, 2.24) is 5.32 Å². The fourth-order valence-electron chi connectivity index (χ4n) is 2.26. The summed E-state index contributed by atoms with van der Waals surface area (Å²) in [6.45, 7) is 2.86. The summed E-state index contributed by atoms with van der Waals surface area (Å²) in [5.41, 5.74) is 1.42. The molecule has 20 heavy (non-hydrogen) atoms. The van der Waals surface area contributed by atoms with Gasteiger partial charge in [-0.15, -0.1) is 0 Å². The monoisotopic (exact) mass is 275 g/mol. The second-order valence-electron chi connectivity index (χ2n) is 5.02. The second kappa shape index (κ2) is 7.05. The topological polar surface area (TPSA) is 70.2 Å². The molecule has 2 rings (SSSR count). The minimum Gasteiger partial charge on any atom is -0.326 e. The van der Waals surface area contributed by atoms with Crippen LogP contribution in [0.5, 0.6) is 0 Å². The first-order valence-corrected chi connectivity index (χ1v) is 7.13. The van der Waals surface area contributed by atoms with Crippen LogP contribution >= 0.6 is 0 Å². The summed E-state index contributed by atoms with van der Waals surface area (Å²) >= 11 is 0. The van der Waals surface area contributed by atoms with Crippen molar-refractivity contribution < 1.29 is 9.59 Å². The van der Waals surface area contributed by atoms with Crippen molar-refractivity contribution in [2.45, 2.75) is 38.6 Å². The number of anilines is 2. The minimum absolute atomic E-state index is 0.00608. The molecular formula is C15H21N3O2. The molecule has 0 saturated carbocycles. The lowest BCUT2D eigenvalue weighted by molar-refractivity contribution is -0.118. The summed E-state index contributed by atoms with van der Waals surface area (Å²) in [7, 11) is 0. The molecule has 1 fully saturated rings. The molecule has 3 N–H and O–H groups in total. The number of amides is 2. The lowest BCUT2D eigenvalue weighted by Crippen LogP contribution is -2.35. The third-order valence-corrected chi connectivity index (χ3v) is 3.27. The van der Waals surface area contributed by atoms with Crippen LogP contribution in [-0.2, 0) is 9.59 Å². The van der Waals surface area contributed by atoms with Gasteiger partial charge in [0.2, 0.25) is 11.8 Å². The molecule has 1 aliphatic heterocycles. The number of rotatable bonds is 5. The van der Waals surface area contributed by atoms with Gasteiger partial charge >= 0.3 is 0 Å². The van der Waals surface area contributed by atoms with E-state index in [0.29, 0.717) is 17.8 Å². The smallest absolute Gasteiger partial charge is 0.241 e. The zero-order valence-electron chi connectivity index (χ0n) is 11.7. The van der Waals surface area contributed by atoms with E-state index >= 15 is 0 Å². The molecule has 0 bridgehead atoms. The Morgan fingerprint density at radius 2 is 2.05 bits per heavy atom. The van der Waals surface area contributed by atoms with E-state index in [-0.39, 0.29) is 17.9 Å². The van der Waals surface area contributed by atoms with Gasteiger partial charge in [0.1, 0.15) is 0 Å². The van der Waals surface area contributed by atoms with Gasteiger partial charge in [-0.2, -0.15) is 0 Å². The van der Waals surface area contributed by atoms with Gasteiger partial charge in [-0.3, -0.25) is 9.59 Å². The molecule has 0 radical (unpaired) electrons. The van der Waals surface area contributed by atoms with Crippen molar-refractivity contribution in [2.75, 3.05) is 17.2 Å². The third kappa shape index (κ3) is 4.06. The largest absolute Gasteiger partial charge is 0.326 e. The molecule has 5 heteroatoms. The Morgan fingerprint density at radius 3 is 2.70 bits per heavy atom. The van der Waals surface area contributed by atoms with Crippen molar-refractivity contribution in [3.8, 4) is 0 Å². The van der Waals surface area contributed by atoms with E-state index in [2.05, 4.69) is 16.0 Å². The van der Waals surface area contributed by atoms with Gasteiger partial charge in [0.15, 0.2) is 0 Å². The SMILES string of the molecule is CCCC(=O)Nc1cccc(NC(=O)C2CCCN2)c1. The molecule has 5 nitrogen and oxygen atoms in total. The van der Waals surface area contributed by atoms with Crippen LogP contribution < -0.4 is 16.0 Å². The van der Waals surface area contributed by atoms with Crippen LogP contribution in [0.2, 0.25) is 0 Å². The molecule has 108 valence electrons. The second-order valence-corrected chi connectivity index (χ2v) is 5.02. The third-order valence-electron chi connectivity index (χ3n) is 3.27. The molecule has 0 spiro atoms. The first kappa shape index (κ1) is 14.5. The van der Waals surface area contributed by atoms with Crippen molar-refractivity contribution in [3.05, 3.63) is 24.3 Å². The van der Waals surface area contributed by atoms with Gasteiger partial charge < -0.3 is 16.0 Å². The van der Waals surface area contributed by atoms with Crippen molar-refractivity contribution in [1.29, 1.82) is 0 Å². The highest BCUT2D eigenvalue weighted by Crippen LogP contribution is 2.16. The number of hydrogen-bond donors (Lipinski definition) is 3. The molecule has 1 aromatic rings. The van der Waals surface area contributed by atoms with E-state index in [9.17, 15) is 9.59 Å². The summed E-state index contributed by atoms with van der Waals surface area (Å²) in [5, 5.41) is 8.86. The fraction of sp³-hybridized carbons (Fsp3) is 0.467. The highest BCUT2D eigenvalue weighted by atomic mass is 16.2. The van der Waals surface area contributed by atoms with Crippen LogP contribution in [0.4, 0.5) is 11.4 Å². The van der Waals surface area contributed by atoms with Crippen LogP contribution in [0.15, 0.2) is 24.3 Å². The molecule has 1 aromatic carbocycles. The Labute approximate surface area is 119 Å². The fourth-order valence-corrected chi connectivity index (χ4v) is 2.26. The van der Waals surface area contributed by atoms with Crippen LogP contribution in [0.1, 0.15) is 32.6 Å². The molecule has 0 aliphatic carbocycles. The Hall–Kier alpha value is -1.88. The maximum Gasteiger partial charge on any atom is 0.241 e. The summed E-state index contributed by atoms with van der Waals surface area (Å²) in [4.78, 5) is 23.5. The summed E-state index contributed by atoms with van der Waals surface area (Å²) in [6.07, 6.45) is 3.22. The molecule has 0 aromatic heterocycles. The van der Waals surface area contributed by atoms with Gasteiger partial charge in [0.05, 0.1) is 6.04 Å². The average Bonchev–Trinajstić information content (AvgIpc) is 2.93. The lowest BCUT2D eigenvalue weighted by Gasteiger charge is -2.12. The Morgan fingerprint density at radius 1 is 1.30 bits per heavy atom. The first-order valence-electron chi connectivity index (χ1n) is 7.13. The zero-order chi connectivity index (χ0) is 14.4. The number of hydrogen-bond acceptors (Lipinski definition) is 3. The Bertz CT molecular complexity index is 482. The van der Waals surface area contributed by atoms with E-state index in [0.717, 1.165) is 25.8 Å². The number of benzene rings is 1. The predicted octanol–water partition coefficient (Wildman–Crippen LogP) is 2.12. The molecule has 1 atom stereocenters. The molecule has 1 aliphatic rings. The maximum atomic E-state index is 12.0. The van der Waals surface area contributed by atoms with Crippen molar-refractivity contribution >= 4 is 23.2 Å². The van der Waals surface area contributed by atoms with Gasteiger partial charge in [-0.05, 0) is 44.0 Å². The molecule has 1 saturated heterocycles. The van der Waals surface area contributed by atoms with Gasteiger partial charge in [0, 0.05) is 17.8 Å². The molecule has 2 amide bonds. The number of carbonyl (C=O) groups excluding carboxylic acids is 2. The molecular weight excluding hydrogens is 254 g/mol. The van der Waals surface area contributed by atoms with Crippen LogP contribution in [-0.4, -0.2) is 24.4 Å². The predicted molar refractivity (Wildman–Crippen MR) is 79.6 cm³/mol. The van der Waals surface area contributed by atoms with Gasteiger partial charge in [0.25, 0.3) is 0 Å². The summed E-state index contributed by atoms with van der Waals surface area (Å²) < 4.78 is 0.